The van der Waals surface area contributed by atoms with E-state index in [-0.39, 0.29) is 42.4 Å². The van der Waals surface area contributed by atoms with E-state index < -0.39 is 34.1 Å². The number of hydrogen-bond acceptors (Lipinski definition) is 9. The molecule has 0 saturated carbocycles. The quantitative estimate of drug-likeness (QED) is 0.281. The third kappa shape index (κ3) is 6.33. The van der Waals surface area contributed by atoms with E-state index >= 15 is 0 Å². The molecule has 1 amide bonds. The fourth-order valence-corrected chi connectivity index (χ4v) is 5.85. The Morgan fingerprint density at radius 1 is 1.09 bits per heavy atom. The van der Waals surface area contributed by atoms with E-state index in [1.54, 1.807) is 43.3 Å². The highest BCUT2D eigenvalue weighted by Crippen LogP contribution is 2.42. The van der Waals surface area contributed by atoms with Crippen molar-refractivity contribution in [2.24, 2.45) is 5.73 Å². The number of sulfonamides is 1. The van der Waals surface area contributed by atoms with Crippen LogP contribution in [0.25, 0.3) is 22.3 Å². The number of carbonyl (C=O) groups excluding carboxylic acids is 2. The zero-order valence-corrected chi connectivity index (χ0v) is 24.4. The van der Waals surface area contributed by atoms with Crippen LogP contribution in [-0.2, 0) is 24.3 Å². The number of fused-ring (bicyclic) bond motifs is 2. The van der Waals surface area contributed by atoms with Gasteiger partial charge in [-0.25, -0.2) is 12.8 Å². The zero-order chi connectivity index (χ0) is 30.9. The minimum atomic E-state index is -3.81. The van der Waals surface area contributed by atoms with Crippen molar-refractivity contribution in [3.63, 3.8) is 0 Å². The molecule has 43 heavy (non-hydrogen) atoms. The molecular formula is C30H30FN3O8S. The van der Waals surface area contributed by atoms with Crippen molar-refractivity contribution in [1.82, 2.24) is 5.32 Å². The number of furan rings is 1. The second-order valence-electron chi connectivity index (χ2n) is 9.95. The minimum absolute atomic E-state index is 0.120. The van der Waals surface area contributed by atoms with Gasteiger partial charge in [0.1, 0.15) is 41.4 Å². The van der Waals surface area contributed by atoms with Crippen LogP contribution in [0.5, 0.6) is 11.5 Å². The van der Waals surface area contributed by atoms with Gasteiger partial charge in [-0.05, 0) is 61.5 Å². The molecule has 0 bridgehead atoms. The molecule has 5 rings (SSSR count). The van der Waals surface area contributed by atoms with E-state index in [2.05, 4.69) is 5.32 Å². The monoisotopic (exact) mass is 611 g/mol. The first kappa shape index (κ1) is 30.0. The lowest BCUT2D eigenvalue weighted by molar-refractivity contribution is -0.147. The number of halogens is 1. The maximum absolute atomic E-state index is 13.2. The van der Waals surface area contributed by atoms with E-state index in [0.29, 0.717) is 33.7 Å². The van der Waals surface area contributed by atoms with Crippen LogP contribution in [0.2, 0.25) is 0 Å². The first-order valence-electron chi connectivity index (χ1n) is 13.3. The SMILES string of the molecule is CNC(=O)c1c(-c2ccc(Oc3ccc(F)cc3)cc2)oc2cc3c(cc12)[C@H](C)O[C@H](COC(=O)CN)CN3S(C)(=O)=O. The molecule has 3 aromatic carbocycles. The van der Waals surface area contributed by atoms with Crippen molar-refractivity contribution in [1.29, 1.82) is 0 Å². The van der Waals surface area contributed by atoms with E-state index in [9.17, 15) is 22.4 Å². The number of ether oxygens (including phenoxy) is 3. The van der Waals surface area contributed by atoms with Gasteiger partial charge in [-0.15, -0.1) is 0 Å². The zero-order valence-electron chi connectivity index (χ0n) is 23.6. The van der Waals surface area contributed by atoms with Crippen LogP contribution < -0.4 is 20.1 Å². The molecule has 1 aliphatic heterocycles. The Balaban J connectivity index is 1.56. The van der Waals surface area contributed by atoms with E-state index in [4.69, 9.17) is 24.4 Å². The van der Waals surface area contributed by atoms with Crippen molar-refractivity contribution >= 4 is 38.6 Å². The smallest absolute Gasteiger partial charge is 0.319 e. The average molecular weight is 612 g/mol. The largest absolute Gasteiger partial charge is 0.462 e. The third-order valence-electron chi connectivity index (χ3n) is 6.93. The molecule has 2 atom stereocenters. The number of rotatable bonds is 8. The molecule has 4 aromatic rings. The van der Waals surface area contributed by atoms with Gasteiger partial charge < -0.3 is 29.7 Å². The number of hydrogen-bond donors (Lipinski definition) is 2. The number of nitrogens with two attached hydrogens (primary N) is 1. The van der Waals surface area contributed by atoms with Crippen LogP contribution in [0.1, 0.15) is 28.9 Å². The summed E-state index contributed by atoms with van der Waals surface area (Å²) in [4.78, 5) is 24.8. The fraction of sp³-hybridized carbons (Fsp3) is 0.267. The highest BCUT2D eigenvalue weighted by Gasteiger charge is 2.34. The predicted octanol–water partition coefficient (Wildman–Crippen LogP) is 4.12. The van der Waals surface area contributed by atoms with Crippen molar-refractivity contribution in [2.45, 2.75) is 19.1 Å². The summed E-state index contributed by atoms with van der Waals surface area (Å²) in [7, 11) is -2.31. The van der Waals surface area contributed by atoms with E-state index in [0.717, 1.165) is 6.26 Å². The molecule has 0 unspecified atom stereocenters. The Kier molecular flexibility index (Phi) is 8.40. The molecule has 0 aliphatic carbocycles. The molecule has 11 nitrogen and oxygen atoms in total. The molecule has 226 valence electrons. The van der Waals surface area contributed by atoms with Crippen molar-refractivity contribution in [3.05, 3.63) is 77.6 Å². The van der Waals surface area contributed by atoms with Gasteiger partial charge in [0, 0.05) is 29.6 Å². The summed E-state index contributed by atoms with van der Waals surface area (Å²) in [5.74, 6) is -0.208. The number of amides is 1. The van der Waals surface area contributed by atoms with Crippen LogP contribution in [0.3, 0.4) is 0 Å². The van der Waals surface area contributed by atoms with Crippen LogP contribution in [0.15, 0.2) is 65.1 Å². The molecule has 0 fully saturated rings. The maximum Gasteiger partial charge on any atom is 0.319 e. The topological polar surface area (TPSA) is 150 Å². The van der Waals surface area contributed by atoms with Crippen molar-refractivity contribution in [3.8, 4) is 22.8 Å². The number of esters is 1. The molecule has 13 heteroatoms. The van der Waals surface area contributed by atoms with Crippen molar-refractivity contribution in [2.75, 3.05) is 37.3 Å². The number of nitrogens with zero attached hydrogens (tertiary/aromatic N) is 1. The van der Waals surface area contributed by atoms with Gasteiger partial charge >= 0.3 is 5.97 Å². The summed E-state index contributed by atoms with van der Waals surface area (Å²) in [6, 6.07) is 15.7. The van der Waals surface area contributed by atoms with Crippen molar-refractivity contribution < 1.29 is 41.0 Å². The van der Waals surface area contributed by atoms with Gasteiger partial charge in [0.2, 0.25) is 10.0 Å². The van der Waals surface area contributed by atoms with Gasteiger partial charge in [0.15, 0.2) is 0 Å². The molecule has 0 saturated heterocycles. The highest BCUT2D eigenvalue weighted by molar-refractivity contribution is 7.92. The van der Waals surface area contributed by atoms with Gasteiger partial charge in [-0.1, -0.05) is 0 Å². The molecule has 3 N–H and O–H groups in total. The first-order chi connectivity index (χ1) is 20.5. The fourth-order valence-electron chi connectivity index (χ4n) is 4.90. The highest BCUT2D eigenvalue weighted by atomic mass is 32.2. The molecule has 0 radical (unpaired) electrons. The molecule has 0 spiro atoms. The second kappa shape index (κ2) is 12.0. The van der Waals surface area contributed by atoms with Crippen LogP contribution in [0, 0.1) is 5.82 Å². The molecule has 1 aliphatic rings. The maximum atomic E-state index is 13.2. The summed E-state index contributed by atoms with van der Waals surface area (Å²) in [5, 5.41) is 3.10. The van der Waals surface area contributed by atoms with Gasteiger partial charge in [-0.3, -0.25) is 13.9 Å². The lowest BCUT2D eigenvalue weighted by Crippen LogP contribution is -2.39. The summed E-state index contributed by atoms with van der Waals surface area (Å²) >= 11 is 0. The van der Waals surface area contributed by atoms with Crippen LogP contribution in [-0.4, -0.2) is 59.4 Å². The average Bonchev–Trinajstić information content (AvgIpc) is 3.29. The Morgan fingerprint density at radius 2 is 1.74 bits per heavy atom. The lowest BCUT2D eigenvalue weighted by atomic mass is 10.0. The number of anilines is 1. The molecular weight excluding hydrogens is 581 g/mol. The standard InChI is InChI=1S/C30H30FN3O8S/c1-17-23-12-24-26(13-25(23)34(43(3,37)38)15-22(40-17)16-39-27(35)14-32)42-29(28(24)30(36)33-2)18-4-8-20(9-5-18)41-21-10-6-19(31)7-11-21/h4-13,17,22H,14-16,32H2,1-3H3,(H,33,36)/t17-,22-/m0/s1. The van der Waals surface area contributed by atoms with Crippen LogP contribution >= 0.6 is 0 Å². The summed E-state index contributed by atoms with van der Waals surface area (Å²) in [5.41, 5.74) is 7.26. The normalized spacial score (nSPS) is 16.8. The number of benzene rings is 3. The van der Waals surface area contributed by atoms with Gasteiger partial charge in [0.25, 0.3) is 5.91 Å². The Hall–Kier alpha value is -4.46. The molecule has 2 heterocycles. The van der Waals surface area contributed by atoms with E-state index in [1.165, 1.54) is 35.6 Å². The van der Waals surface area contributed by atoms with E-state index in [1.807, 2.05) is 0 Å². The number of nitrogens with one attached hydrogen (secondary N) is 1. The number of carbonyl (C=O) groups is 2. The minimum Gasteiger partial charge on any atom is -0.462 e. The Labute approximate surface area is 247 Å². The lowest BCUT2D eigenvalue weighted by Gasteiger charge is -2.24. The predicted molar refractivity (Wildman–Crippen MR) is 157 cm³/mol. The molecule has 1 aromatic heterocycles. The Bertz CT molecular complexity index is 1770. The summed E-state index contributed by atoms with van der Waals surface area (Å²) in [6.07, 6.45) is -0.339. The third-order valence-corrected chi connectivity index (χ3v) is 8.07. The van der Waals surface area contributed by atoms with Gasteiger partial charge in [0.05, 0.1) is 36.7 Å². The summed E-state index contributed by atoms with van der Waals surface area (Å²) < 4.78 is 63.5. The van der Waals surface area contributed by atoms with Crippen LogP contribution in [0.4, 0.5) is 10.1 Å². The Morgan fingerprint density at radius 3 is 2.35 bits per heavy atom. The summed E-state index contributed by atoms with van der Waals surface area (Å²) in [6.45, 7) is 1.12. The second-order valence-corrected chi connectivity index (χ2v) is 11.9. The van der Waals surface area contributed by atoms with Gasteiger partial charge in [-0.2, -0.15) is 0 Å². The first-order valence-corrected chi connectivity index (χ1v) is 15.2.